The summed E-state index contributed by atoms with van der Waals surface area (Å²) in [5.74, 6) is 1.17. The summed E-state index contributed by atoms with van der Waals surface area (Å²) in [6.07, 6.45) is -0.494. The number of Topliss-reactive ketones (excluding diaryl/α,β-unsaturated/α-hetero) is 1. The van der Waals surface area contributed by atoms with Crippen LogP contribution in [-0.2, 0) is 0 Å². The Labute approximate surface area is 126 Å². The molecule has 2 heteroatoms. The number of ketones is 1. The van der Waals surface area contributed by atoms with Crippen molar-refractivity contribution < 1.29 is 9.53 Å². The van der Waals surface area contributed by atoms with Crippen LogP contribution in [0.15, 0.2) is 48.5 Å². The minimum absolute atomic E-state index is 0.00631. The predicted octanol–water partition coefficient (Wildman–Crippen LogP) is 4.77. The fourth-order valence-electron chi connectivity index (χ4n) is 2.30. The highest BCUT2D eigenvalue weighted by atomic mass is 16.5. The second-order valence-corrected chi connectivity index (χ2v) is 5.69. The lowest BCUT2D eigenvalue weighted by Crippen LogP contribution is -2.24. The van der Waals surface area contributed by atoms with Gasteiger partial charge in [-0.05, 0) is 37.0 Å². The van der Waals surface area contributed by atoms with Gasteiger partial charge in [0, 0.05) is 5.56 Å². The molecule has 2 aromatic rings. The second kappa shape index (κ2) is 6.57. The summed E-state index contributed by atoms with van der Waals surface area (Å²) in [6.45, 7) is 8.09. The van der Waals surface area contributed by atoms with E-state index in [-0.39, 0.29) is 5.78 Å². The molecule has 0 aliphatic carbocycles. The van der Waals surface area contributed by atoms with Crippen molar-refractivity contribution in [1.82, 2.24) is 0 Å². The number of hydrogen-bond donors (Lipinski definition) is 0. The van der Waals surface area contributed by atoms with E-state index in [0.717, 1.165) is 16.9 Å². The average Bonchev–Trinajstić information content (AvgIpc) is 2.47. The SMILES string of the molecule is Cc1ccc(C(C)C)c(OC(C)C(=O)c2ccccc2)c1. The van der Waals surface area contributed by atoms with Crippen LogP contribution in [0.5, 0.6) is 5.75 Å². The third kappa shape index (κ3) is 3.72. The standard InChI is InChI=1S/C19H22O2/c1-13(2)17-11-10-14(3)12-18(17)21-15(4)19(20)16-8-6-5-7-9-16/h5-13,15H,1-4H3. The molecule has 0 heterocycles. The fraction of sp³-hybridized carbons (Fsp3) is 0.316. The van der Waals surface area contributed by atoms with Gasteiger partial charge in [-0.2, -0.15) is 0 Å². The van der Waals surface area contributed by atoms with Gasteiger partial charge in [-0.3, -0.25) is 4.79 Å². The zero-order valence-corrected chi connectivity index (χ0v) is 13.1. The predicted molar refractivity (Wildman–Crippen MR) is 86.1 cm³/mol. The number of hydrogen-bond acceptors (Lipinski definition) is 2. The molecule has 0 radical (unpaired) electrons. The molecule has 0 saturated heterocycles. The Morgan fingerprint density at radius 3 is 2.29 bits per heavy atom. The first-order valence-corrected chi connectivity index (χ1v) is 7.35. The summed E-state index contributed by atoms with van der Waals surface area (Å²) in [5, 5.41) is 0. The van der Waals surface area contributed by atoms with E-state index >= 15 is 0 Å². The van der Waals surface area contributed by atoms with E-state index < -0.39 is 6.10 Å². The summed E-state index contributed by atoms with van der Waals surface area (Å²) >= 11 is 0. The average molecular weight is 282 g/mol. The smallest absolute Gasteiger partial charge is 0.202 e. The lowest BCUT2D eigenvalue weighted by atomic mass is 10.0. The Balaban J connectivity index is 2.22. The largest absolute Gasteiger partial charge is 0.482 e. The van der Waals surface area contributed by atoms with Gasteiger partial charge >= 0.3 is 0 Å². The van der Waals surface area contributed by atoms with Crippen LogP contribution in [0, 0.1) is 6.92 Å². The number of ether oxygens (including phenoxy) is 1. The van der Waals surface area contributed by atoms with E-state index in [1.54, 1.807) is 0 Å². The first-order chi connectivity index (χ1) is 9.99. The van der Waals surface area contributed by atoms with Gasteiger partial charge in [0.1, 0.15) is 5.75 Å². The summed E-state index contributed by atoms with van der Waals surface area (Å²) in [7, 11) is 0. The van der Waals surface area contributed by atoms with Crippen molar-refractivity contribution in [1.29, 1.82) is 0 Å². The maximum Gasteiger partial charge on any atom is 0.202 e. The van der Waals surface area contributed by atoms with Crippen LogP contribution in [0.1, 0.15) is 48.2 Å². The van der Waals surface area contributed by atoms with Crippen molar-refractivity contribution in [3.05, 3.63) is 65.2 Å². The Hall–Kier alpha value is -2.09. The number of aryl methyl sites for hydroxylation is 1. The van der Waals surface area contributed by atoms with Crippen LogP contribution in [0.25, 0.3) is 0 Å². The normalized spacial score (nSPS) is 12.2. The topological polar surface area (TPSA) is 26.3 Å². The maximum absolute atomic E-state index is 12.4. The molecular weight excluding hydrogens is 260 g/mol. The fourth-order valence-corrected chi connectivity index (χ4v) is 2.30. The van der Waals surface area contributed by atoms with Crippen molar-refractivity contribution in [3.63, 3.8) is 0 Å². The Morgan fingerprint density at radius 2 is 1.67 bits per heavy atom. The quantitative estimate of drug-likeness (QED) is 0.738. The van der Waals surface area contributed by atoms with Gasteiger partial charge in [-0.25, -0.2) is 0 Å². The van der Waals surface area contributed by atoms with Crippen LogP contribution in [-0.4, -0.2) is 11.9 Å². The minimum Gasteiger partial charge on any atom is -0.482 e. The molecule has 2 rings (SSSR count). The monoisotopic (exact) mass is 282 g/mol. The van der Waals surface area contributed by atoms with E-state index in [1.165, 1.54) is 0 Å². The summed E-state index contributed by atoms with van der Waals surface area (Å²) in [6, 6.07) is 15.4. The summed E-state index contributed by atoms with van der Waals surface area (Å²) in [4.78, 5) is 12.4. The van der Waals surface area contributed by atoms with Gasteiger partial charge in [-0.1, -0.05) is 56.3 Å². The van der Waals surface area contributed by atoms with Crippen LogP contribution in [0.3, 0.4) is 0 Å². The highest BCUT2D eigenvalue weighted by Crippen LogP contribution is 2.28. The van der Waals surface area contributed by atoms with Crippen LogP contribution in [0.2, 0.25) is 0 Å². The Morgan fingerprint density at radius 1 is 1.00 bits per heavy atom. The molecular formula is C19H22O2. The molecule has 0 aliphatic rings. The van der Waals surface area contributed by atoms with Gasteiger partial charge in [-0.15, -0.1) is 0 Å². The highest BCUT2D eigenvalue weighted by Gasteiger charge is 2.18. The number of benzene rings is 2. The molecule has 0 saturated carbocycles. The summed E-state index contributed by atoms with van der Waals surface area (Å²) < 4.78 is 5.95. The second-order valence-electron chi connectivity index (χ2n) is 5.69. The molecule has 0 spiro atoms. The molecule has 0 bridgehead atoms. The van der Waals surface area contributed by atoms with Gasteiger partial charge in [0.15, 0.2) is 6.10 Å². The lowest BCUT2D eigenvalue weighted by molar-refractivity contribution is 0.0816. The molecule has 2 aromatic carbocycles. The highest BCUT2D eigenvalue weighted by molar-refractivity contribution is 5.99. The third-order valence-corrected chi connectivity index (χ3v) is 3.52. The van der Waals surface area contributed by atoms with Crippen LogP contribution in [0.4, 0.5) is 0 Å². The zero-order valence-electron chi connectivity index (χ0n) is 13.1. The van der Waals surface area contributed by atoms with Crippen LogP contribution >= 0.6 is 0 Å². The van der Waals surface area contributed by atoms with Crippen molar-refractivity contribution in [2.45, 2.75) is 39.7 Å². The van der Waals surface area contributed by atoms with Crippen molar-refractivity contribution in [2.24, 2.45) is 0 Å². The first kappa shape index (κ1) is 15.3. The van der Waals surface area contributed by atoms with Gasteiger partial charge in [0.2, 0.25) is 5.78 Å². The van der Waals surface area contributed by atoms with Crippen molar-refractivity contribution >= 4 is 5.78 Å². The molecule has 0 N–H and O–H groups in total. The zero-order chi connectivity index (χ0) is 15.4. The Bertz CT molecular complexity index is 615. The molecule has 0 aliphatic heterocycles. The van der Waals surface area contributed by atoms with Gasteiger partial charge < -0.3 is 4.74 Å². The minimum atomic E-state index is -0.494. The number of rotatable bonds is 5. The molecule has 0 amide bonds. The van der Waals surface area contributed by atoms with E-state index in [4.69, 9.17) is 4.74 Å². The van der Waals surface area contributed by atoms with E-state index in [1.807, 2.05) is 50.2 Å². The molecule has 110 valence electrons. The van der Waals surface area contributed by atoms with Gasteiger partial charge in [0.05, 0.1) is 0 Å². The number of carbonyl (C=O) groups is 1. The van der Waals surface area contributed by atoms with E-state index in [9.17, 15) is 4.79 Å². The van der Waals surface area contributed by atoms with E-state index in [2.05, 4.69) is 26.0 Å². The van der Waals surface area contributed by atoms with Crippen molar-refractivity contribution in [2.75, 3.05) is 0 Å². The Kier molecular flexibility index (Phi) is 4.79. The van der Waals surface area contributed by atoms with Gasteiger partial charge in [0.25, 0.3) is 0 Å². The molecule has 21 heavy (non-hydrogen) atoms. The molecule has 1 unspecified atom stereocenters. The third-order valence-electron chi connectivity index (χ3n) is 3.52. The summed E-state index contributed by atoms with van der Waals surface area (Å²) in [5.41, 5.74) is 2.95. The molecule has 0 fully saturated rings. The molecule has 2 nitrogen and oxygen atoms in total. The molecule has 1 atom stereocenters. The maximum atomic E-state index is 12.4. The lowest BCUT2D eigenvalue weighted by Gasteiger charge is -2.19. The first-order valence-electron chi connectivity index (χ1n) is 7.35. The number of carbonyl (C=O) groups excluding carboxylic acids is 1. The van der Waals surface area contributed by atoms with E-state index in [0.29, 0.717) is 11.5 Å². The van der Waals surface area contributed by atoms with Crippen molar-refractivity contribution in [3.8, 4) is 5.75 Å². The molecule has 0 aromatic heterocycles. The van der Waals surface area contributed by atoms with Crippen LogP contribution < -0.4 is 4.74 Å².